The summed E-state index contributed by atoms with van der Waals surface area (Å²) in [6, 6.07) is 9.96. The van der Waals surface area contributed by atoms with E-state index in [0.717, 1.165) is 22.5 Å². The van der Waals surface area contributed by atoms with E-state index in [0.29, 0.717) is 17.0 Å². The second kappa shape index (κ2) is 8.99. The zero-order valence-corrected chi connectivity index (χ0v) is 18.3. The monoisotopic (exact) mass is 422 g/mol. The Hall–Kier alpha value is -3.68. The first kappa shape index (κ1) is 22.0. The minimum absolute atomic E-state index is 0.168. The number of methoxy groups -OCH3 is 1. The molecule has 0 radical (unpaired) electrons. The van der Waals surface area contributed by atoms with Gasteiger partial charge in [-0.3, -0.25) is 14.3 Å². The van der Waals surface area contributed by atoms with E-state index in [2.05, 4.69) is 15.4 Å². The van der Waals surface area contributed by atoms with Gasteiger partial charge in [-0.25, -0.2) is 4.98 Å². The lowest BCUT2D eigenvalue weighted by atomic mass is 10.0. The third-order valence-corrected chi connectivity index (χ3v) is 5.22. The molecular formula is C23H26N4O4. The van der Waals surface area contributed by atoms with Gasteiger partial charge in [-0.15, -0.1) is 0 Å². The van der Waals surface area contributed by atoms with Crippen LogP contribution < -0.4 is 10.1 Å². The summed E-state index contributed by atoms with van der Waals surface area (Å²) in [5, 5.41) is 16.5. The fraction of sp³-hybridized carbons (Fsp3) is 0.304. The number of carbonyl (C=O) groups excluding carboxylic acids is 1. The van der Waals surface area contributed by atoms with Crippen LogP contribution in [0.3, 0.4) is 0 Å². The molecule has 3 aromatic rings. The first-order chi connectivity index (χ1) is 14.7. The number of benzene rings is 1. The van der Waals surface area contributed by atoms with Crippen molar-refractivity contribution >= 4 is 11.9 Å². The lowest BCUT2D eigenvalue weighted by Gasteiger charge is -2.18. The topological polar surface area (TPSA) is 106 Å². The molecule has 1 atom stereocenters. The largest absolute Gasteiger partial charge is 0.494 e. The molecule has 3 rings (SSSR count). The van der Waals surface area contributed by atoms with Gasteiger partial charge < -0.3 is 15.2 Å². The molecular weight excluding hydrogens is 396 g/mol. The number of carboxylic acid groups (broad SMARTS) is 1. The van der Waals surface area contributed by atoms with Crippen LogP contribution in [-0.2, 0) is 11.8 Å². The standard InChI is InChI=1S/C23H26N4O4/c1-13-6-8-16(9-7-13)18(12-20(28)29)25-23(30)17-10-11-19(31-5)22(24-17)21-14(2)26-27(4)15(21)3/h6-11,18H,12H2,1-5H3,(H,25,30)(H,28,29)/t18-/m0/s1. The molecule has 0 fully saturated rings. The second-order valence-electron chi connectivity index (χ2n) is 7.45. The third-order valence-electron chi connectivity index (χ3n) is 5.22. The number of aromatic nitrogens is 3. The van der Waals surface area contributed by atoms with Crippen molar-refractivity contribution in [2.75, 3.05) is 7.11 Å². The van der Waals surface area contributed by atoms with E-state index in [1.165, 1.54) is 0 Å². The Bertz CT molecular complexity index is 1120. The van der Waals surface area contributed by atoms with Gasteiger partial charge in [-0.2, -0.15) is 5.10 Å². The van der Waals surface area contributed by atoms with Crippen molar-refractivity contribution in [2.24, 2.45) is 7.05 Å². The predicted octanol–water partition coefficient (Wildman–Crippen LogP) is 3.36. The van der Waals surface area contributed by atoms with Crippen molar-refractivity contribution in [2.45, 2.75) is 33.2 Å². The van der Waals surface area contributed by atoms with Crippen molar-refractivity contribution in [3.05, 3.63) is 64.6 Å². The van der Waals surface area contributed by atoms with E-state index < -0.39 is 17.9 Å². The highest BCUT2D eigenvalue weighted by atomic mass is 16.5. The molecule has 2 aromatic heterocycles. The van der Waals surface area contributed by atoms with E-state index in [-0.39, 0.29) is 12.1 Å². The van der Waals surface area contributed by atoms with Crippen LogP contribution in [-0.4, -0.2) is 38.9 Å². The molecule has 0 saturated heterocycles. The van der Waals surface area contributed by atoms with Gasteiger partial charge in [0.05, 0.1) is 25.3 Å². The molecule has 0 saturated carbocycles. The highest BCUT2D eigenvalue weighted by Crippen LogP contribution is 2.33. The number of nitrogens with zero attached hydrogens (tertiary/aromatic N) is 3. The molecule has 0 unspecified atom stereocenters. The average molecular weight is 422 g/mol. The first-order valence-corrected chi connectivity index (χ1v) is 9.86. The maximum absolute atomic E-state index is 13.0. The number of hydrogen-bond donors (Lipinski definition) is 2. The Morgan fingerprint density at radius 2 is 1.81 bits per heavy atom. The summed E-state index contributed by atoms with van der Waals surface area (Å²) in [5.74, 6) is -0.942. The fourth-order valence-corrected chi connectivity index (χ4v) is 3.49. The van der Waals surface area contributed by atoms with Crippen LogP contribution >= 0.6 is 0 Å². The van der Waals surface area contributed by atoms with E-state index in [1.807, 2.05) is 52.1 Å². The number of aliphatic carboxylic acids is 1. The SMILES string of the molecule is COc1ccc(C(=O)N[C@@H](CC(=O)O)c2ccc(C)cc2)nc1-c1c(C)nn(C)c1C. The zero-order chi connectivity index (χ0) is 22.7. The molecule has 0 spiro atoms. The lowest BCUT2D eigenvalue weighted by molar-refractivity contribution is -0.137. The molecule has 0 aliphatic carbocycles. The van der Waals surface area contributed by atoms with Crippen LogP contribution in [0.4, 0.5) is 0 Å². The highest BCUT2D eigenvalue weighted by Gasteiger charge is 2.23. The van der Waals surface area contributed by atoms with Crippen molar-refractivity contribution < 1.29 is 19.4 Å². The van der Waals surface area contributed by atoms with Crippen molar-refractivity contribution in [1.29, 1.82) is 0 Å². The van der Waals surface area contributed by atoms with Gasteiger partial charge in [-0.05, 0) is 38.5 Å². The summed E-state index contributed by atoms with van der Waals surface area (Å²) in [7, 11) is 3.38. The summed E-state index contributed by atoms with van der Waals surface area (Å²) in [6.45, 7) is 5.74. The number of amides is 1. The molecule has 8 heteroatoms. The zero-order valence-electron chi connectivity index (χ0n) is 18.3. The van der Waals surface area contributed by atoms with Crippen molar-refractivity contribution in [3.8, 4) is 17.0 Å². The van der Waals surface area contributed by atoms with Crippen LogP contribution in [0.15, 0.2) is 36.4 Å². The molecule has 2 N–H and O–H groups in total. The minimum atomic E-state index is -1.00. The van der Waals surface area contributed by atoms with Crippen LogP contribution in [0, 0.1) is 20.8 Å². The summed E-state index contributed by atoms with van der Waals surface area (Å²) in [6.07, 6.45) is -0.237. The maximum atomic E-state index is 13.0. The summed E-state index contributed by atoms with van der Waals surface area (Å²) in [4.78, 5) is 28.9. The van der Waals surface area contributed by atoms with Crippen molar-refractivity contribution in [1.82, 2.24) is 20.1 Å². The Balaban J connectivity index is 1.96. The van der Waals surface area contributed by atoms with Gasteiger partial charge in [0.25, 0.3) is 5.91 Å². The van der Waals surface area contributed by atoms with E-state index in [9.17, 15) is 14.7 Å². The molecule has 162 valence electrons. The van der Waals surface area contributed by atoms with Crippen molar-refractivity contribution in [3.63, 3.8) is 0 Å². The van der Waals surface area contributed by atoms with Crippen LogP contribution in [0.25, 0.3) is 11.3 Å². The number of aryl methyl sites for hydroxylation is 3. The Labute approximate surface area is 180 Å². The van der Waals surface area contributed by atoms with E-state index in [4.69, 9.17) is 4.74 Å². The number of carbonyl (C=O) groups is 2. The van der Waals surface area contributed by atoms with Gasteiger partial charge in [0, 0.05) is 18.3 Å². The molecule has 1 aromatic carbocycles. The number of carboxylic acids is 1. The van der Waals surface area contributed by atoms with Gasteiger partial charge in [-0.1, -0.05) is 29.8 Å². The molecule has 0 aliphatic heterocycles. The van der Waals surface area contributed by atoms with Gasteiger partial charge in [0.15, 0.2) is 0 Å². The van der Waals surface area contributed by atoms with Crippen LogP contribution in [0.5, 0.6) is 5.75 Å². The Morgan fingerprint density at radius 1 is 1.13 bits per heavy atom. The summed E-state index contributed by atoms with van der Waals surface area (Å²) in [5.41, 5.74) is 4.91. The number of pyridine rings is 1. The molecule has 2 heterocycles. The Kier molecular flexibility index (Phi) is 6.39. The van der Waals surface area contributed by atoms with Gasteiger partial charge >= 0.3 is 5.97 Å². The number of rotatable bonds is 7. The molecule has 31 heavy (non-hydrogen) atoms. The number of ether oxygens (including phenoxy) is 1. The highest BCUT2D eigenvalue weighted by molar-refractivity contribution is 5.94. The van der Waals surface area contributed by atoms with Crippen LogP contribution in [0.2, 0.25) is 0 Å². The smallest absolute Gasteiger partial charge is 0.305 e. The predicted molar refractivity (Wildman–Crippen MR) is 116 cm³/mol. The minimum Gasteiger partial charge on any atom is -0.494 e. The first-order valence-electron chi connectivity index (χ1n) is 9.86. The maximum Gasteiger partial charge on any atom is 0.305 e. The quantitative estimate of drug-likeness (QED) is 0.605. The van der Waals surface area contributed by atoms with Gasteiger partial charge in [0.1, 0.15) is 17.1 Å². The average Bonchev–Trinajstić information content (AvgIpc) is 2.98. The summed E-state index contributed by atoms with van der Waals surface area (Å²) < 4.78 is 7.21. The molecule has 0 aliphatic rings. The molecule has 1 amide bonds. The summed E-state index contributed by atoms with van der Waals surface area (Å²) >= 11 is 0. The van der Waals surface area contributed by atoms with Crippen LogP contribution in [0.1, 0.15) is 45.5 Å². The number of hydrogen-bond acceptors (Lipinski definition) is 5. The lowest BCUT2D eigenvalue weighted by Crippen LogP contribution is -2.31. The Morgan fingerprint density at radius 3 is 2.35 bits per heavy atom. The molecule has 8 nitrogen and oxygen atoms in total. The third kappa shape index (κ3) is 4.74. The van der Waals surface area contributed by atoms with E-state index in [1.54, 1.807) is 23.9 Å². The van der Waals surface area contributed by atoms with E-state index >= 15 is 0 Å². The number of nitrogens with one attached hydrogen (secondary N) is 1. The van der Waals surface area contributed by atoms with Gasteiger partial charge in [0.2, 0.25) is 0 Å². The molecule has 0 bridgehead atoms. The second-order valence-corrected chi connectivity index (χ2v) is 7.45. The fourth-order valence-electron chi connectivity index (χ4n) is 3.49. The normalized spacial score (nSPS) is 11.8.